The molecule has 1 aliphatic carbocycles. The molecule has 0 atom stereocenters. The Morgan fingerprint density at radius 1 is 1.50 bits per heavy atom. The summed E-state index contributed by atoms with van der Waals surface area (Å²) in [6, 6.07) is 0. The molecule has 0 saturated carbocycles. The van der Waals surface area contributed by atoms with Gasteiger partial charge < -0.3 is 5.11 Å². The lowest BCUT2D eigenvalue weighted by molar-refractivity contribution is 0.289. The number of aliphatic hydroxyl groups is 1. The van der Waals surface area contributed by atoms with Crippen LogP contribution in [0.1, 0.15) is 46.0 Å². The molecule has 14 heavy (non-hydrogen) atoms. The van der Waals surface area contributed by atoms with E-state index in [-0.39, 0.29) is 0 Å². The zero-order valence-corrected chi connectivity index (χ0v) is 9.42. The Morgan fingerprint density at radius 3 is 2.93 bits per heavy atom. The highest BCUT2D eigenvalue weighted by Crippen LogP contribution is 2.35. The zero-order valence-electron chi connectivity index (χ0n) is 9.42. The molecule has 0 saturated heterocycles. The minimum Gasteiger partial charge on any atom is -0.396 e. The van der Waals surface area contributed by atoms with Crippen LogP contribution >= 0.6 is 0 Å². The second-order valence-electron chi connectivity index (χ2n) is 4.93. The van der Waals surface area contributed by atoms with Gasteiger partial charge >= 0.3 is 0 Å². The molecule has 0 fully saturated rings. The van der Waals surface area contributed by atoms with Crippen LogP contribution in [0.15, 0.2) is 23.8 Å². The van der Waals surface area contributed by atoms with E-state index < -0.39 is 0 Å². The molecule has 1 N–H and O–H groups in total. The summed E-state index contributed by atoms with van der Waals surface area (Å²) in [7, 11) is 0. The van der Waals surface area contributed by atoms with E-state index in [0.717, 1.165) is 12.8 Å². The van der Waals surface area contributed by atoms with Crippen LogP contribution in [0.3, 0.4) is 0 Å². The van der Waals surface area contributed by atoms with Gasteiger partial charge in [-0.1, -0.05) is 37.6 Å². The van der Waals surface area contributed by atoms with Crippen LogP contribution in [-0.2, 0) is 0 Å². The Morgan fingerprint density at radius 2 is 2.29 bits per heavy atom. The van der Waals surface area contributed by atoms with Gasteiger partial charge in [-0.15, -0.1) is 0 Å². The maximum atomic E-state index is 8.64. The second kappa shape index (κ2) is 5.35. The molecule has 0 aromatic carbocycles. The fourth-order valence-corrected chi connectivity index (χ4v) is 1.93. The molecule has 80 valence electrons. The monoisotopic (exact) mass is 194 g/mol. The number of rotatable bonds is 4. The average molecular weight is 194 g/mol. The standard InChI is InChI=1S/C13H22O/c1-13(2)9-6-8-12(11-13)7-4-3-5-10-14/h4,7-8,14H,3,5-6,9-11H2,1-2H3. The van der Waals surface area contributed by atoms with Gasteiger partial charge in [0.15, 0.2) is 0 Å². The lowest BCUT2D eigenvalue weighted by Crippen LogP contribution is -2.14. The summed E-state index contributed by atoms with van der Waals surface area (Å²) >= 11 is 0. The van der Waals surface area contributed by atoms with Gasteiger partial charge in [0.05, 0.1) is 0 Å². The van der Waals surface area contributed by atoms with E-state index in [1.807, 2.05) is 0 Å². The van der Waals surface area contributed by atoms with Gasteiger partial charge in [0, 0.05) is 6.61 Å². The minimum atomic E-state index is 0.300. The van der Waals surface area contributed by atoms with Crippen molar-refractivity contribution in [2.75, 3.05) is 6.61 Å². The van der Waals surface area contributed by atoms with Crippen molar-refractivity contribution in [2.45, 2.75) is 46.0 Å². The van der Waals surface area contributed by atoms with Gasteiger partial charge in [-0.05, 0) is 37.5 Å². The first-order chi connectivity index (χ1) is 6.64. The van der Waals surface area contributed by atoms with Crippen molar-refractivity contribution in [1.82, 2.24) is 0 Å². The molecule has 0 aliphatic heterocycles. The van der Waals surface area contributed by atoms with E-state index in [1.54, 1.807) is 0 Å². The maximum absolute atomic E-state index is 8.64. The Labute approximate surface area is 87.5 Å². The first kappa shape index (κ1) is 11.5. The smallest absolute Gasteiger partial charge is 0.0433 e. The van der Waals surface area contributed by atoms with Crippen LogP contribution in [0.4, 0.5) is 0 Å². The average Bonchev–Trinajstić information content (AvgIpc) is 2.11. The largest absolute Gasteiger partial charge is 0.396 e. The lowest BCUT2D eigenvalue weighted by Gasteiger charge is -2.28. The van der Waals surface area contributed by atoms with Gasteiger partial charge in [0.25, 0.3) is 0 Å². The number of unbranched alkanes of at least 4 members (excludes halogenated alkanes) is 1. The molecule has 0 aromatic rings. The number of hydrogen-bond donors (Lipinski definition) is 1. The maximum Gasteiger partial charge on any atom is 0.0433 e. The predicted molar refractivity (Wildman–Crippen MR) is 61.2 cm³/mol. The van der Waals surface area contributed by atoms with Crippen molar-refractivity contribution in [3.63, 3.8) is 0 Å². The van der Waals surface area contributed by atoms with Gasteiger partial charge in [0.2, 0.25) is 0 Å². The lowest BCUT2D eigenvalue weighted by atomic mass is 9.77. The summed E-state index contributed by atoms with van der Waals surface area (Å²) in [5.41, 5.74) is 1.95. The Hall–Kier alpha value is -0.560. The van der Waals surface area contributed by atoms with E-state index in [4.69, 9.17) is 5.11 Å². The van der Waals surface area contributed by atoms with Gasteiger partial charge in [-0.2, -0.15) is 0 Å². The first-order valence-corrected chi connectivity index (χ1v) is 5.60. The SMILES string of the molecule is CC1(C)CCC=C(C=CCCCO)C1. The molecule has 1 heteroatoms. The van der Waals surface area contributed by atoms with E-state index in [2.05, 4.69) is 32.1 Å². The Kier molecular flexibility index (Phi) is 4.40. The third-order valence-electron chi connectivity index (χ3n) is 2.77. The summed E-state index contributed by atoms with van der Waals surface area (Å²) in [5, 5.41) is 8.64. The summed E-state index contributed by atoms with van der Waals surface area (Å²) in [6.45, 7) is 4.97. The number of aliphatic hydroxyl groups excluding tert-OH is 1. The minimum absolute atomic E-state index is 0.300. The molecule has 0 radical (unpaired) electrons. The van der Waals surface area contributed by atoms with Crippen molar-refractivity contribution in [3.8, 4) is 0 Å². The summed E-state index contributed by atoms with van der Waals surface area (Å²) in [5.74, 6) is 0. The first-order valence-electron chi connectivity index (χ1n) is 5.60. The molecule has 1 aliphatic rings. The summed E-state index contributed by atoms with van der Waals surface area (Å²) in [4.78, 5) is 0. The number of hydrogen-bond acceptors (Lipinski definition) is 1. The third-order valence-corrected chi connectivity index (χ3v) is 2.77. The van der Waals surface area contributed by atoms with Crippen molar-refractivity contribution in [1.29, 1.82) is 0 Å². The molecule has 0 unspecified atom stereocenters. The fourth-order valence-electron chi connectivity index (χ4n) is 1.93. The van der Waals surface area contributed by atoms with Gasteiger partial charge in [-0.25, -0.2) is 0 Å². The molecule has 1 rings (SSSR count). The normalized spacial score (nSPS) is 21.2. The second-order valence-corrected chi connectivity index (χ2v) is 4.93. The number of allylic oxidation sites excluding steroid dienone is 4. The van der Waals surface area contributed by atoms with Crippen molar-refractivity contribution in [2.24, 2.45) is 5.41 Å². The van der Waals surface area contributed by atoms with Crippen molar-refractivity contribution >= 4 is 0 Å². The Balaban J connectivity index is 2.37. The van der Waals surface area contributed by atoms with E-state index in [0.29, 0.717) is 12.0 Å². The highest BCUT2D eigenvalue weighted by molar-refractivity contribution is 5.22. The predicted octanol–water partition coefficient (Wildman–Crippen LogP) is 3.45. The van der Waals surface area contributed by atoms with E-state index in [1.165, 1.54) is 24.8 Å². The van der Waals surface area contributed by atoms with Crippen LogP contribution in [0.25, 0.3) is 0 Å². The molecule has 0 spiro atoms. The summed E-state index contributed by atoms with van der Waals surface area (Å²) < 4.78 is 0. The fraction of sp³-hybridized carbons (Fsp3) is 0.692. The van der Waals surface area contributed by atoms with Crippen LogP contribution in [0.5, 0.6) is 0 Å². The highest BCUT2D eigenvalue weighted by atomic mass is 16.2. The van der Waals surface area contributed by atoms with Crippen molar-refractivity contribution < 1.29 is 5.11 Å². The van der Waals surface area contributed by atoms with Crippen LogP contribution < -0.4 is 0 Å². The van der Waals surface area contributed by atoms with Crippen LogP contribution in [0, 0.1) is 5.41 Å². The molecule has 1 nitrogen and oxygen atoms in total. The van der Waals surface area contributed by atoms with E-state index in [9.17, 15) is 0 Å². The molecule has 0 amide bonds. The molecular formula is C13H22O. The van der Waals surface area contributed by atoms with Gasteiger partial charge in [0.1, 0.15) is 0 Å². The molecule has 0 heterocycles. The zero-order chi connectivity index (χ0) is 10.4. The molecular weight excluding hydrogens is 172 g/mol. The van der Waals surface area contributed by atoms with Crippen LogP contribution in [-0.4, -0.2) is 11.7 Å². The highest BCUT2D eigenvalue weighted by Gasteiger charge is 2.21. The third kappa shape index (κ3) is 4.10. The molecule has 0 bridgehead atoms. The Bertz CT molecular complexity index is 223. The summed E-state index contributed by atoms with van der Waals surface area (Å²) in [6.07, 6.45) is 12.4. The topological polar surface area (TPSA) is 20.2 Å². The van der Waals surface area contributed by atoms with Gasteiger partial charge in [-0.3, -0.25) is 0 Å². The van der Waals surface area contributed by atoms with E-state index >= 15 is 0 Å². The van der Waals surface area contributed by atoms with Crippen LogP contribution in [0.2, 0.25) is 0 Å². The van der Waals surface area contributed by atoms with Crippen molar-refractivity contribution in [3.05, 3.63) is 23.8 Å². The quantitative estimate of drug-likeness (QED) is 0.680. The molecule has 0 aromatic heterocycles.